The van der Waals surface area contributed by atoms with E-state index in [-0.39, 0.29) is 24.6 Å². The van der Waals surface area contributed by atoms with Gasteiger partial charge in [-0.1, -0.05) is 30.3 Å². The van der Waals surface area contributed by atoms with Crippen LogP contribution in [0.3, 0.4) is 0 Å². The maximum atomic E-state index is 12.4. The summed E-state index contributed by atoms with van der Waals surface area (Å²) >= 11 is 0. The first-order valence-electron chi connectivity index (χ1n) is 8.54. The topological polar surface area (TPSA) is 75.9 Å². The number of hydrogen-bond donors (Lipinski definition) is 1. The van der Waals surface area contributed by atoms with Gasteiger partial charge in [-0.3, -0.25) is 4.79 Å². The monoisotopic (exact) mass is 333 g/mol. The van der Waals surface area contributed by atoms with Gasteiger partial charge in [0, 0.05) is 19.6 Å². The number of piperidine rings is 1. The van der Waals surface area contributed by atoms with Crippen molar-refractivity contribution in [1.29, 1.82) is 0 Å². The van der Waals surface area contributed by atoms with Gasteiger partial charge in [-0.05, 0) is 32.3 Å². The van der Waals surface area contributed by atoms with E-state index in [9.17, 15) is 9.59 Å². The smallest absolute Gasteiger partial charge is 0.410 e. The largest absolute Gasteiger partial charge is 0.445 e. The van der Waals surface area contributed by atoms with Gasteiger partial charge in [-0.25, -0.2) is 4.79 Å². The number of nitrogens with two attached hydrogens (primary N) is 1. The minimum Gasteiger partial charge on any atom is -0.445 e. The minimum absolute atomic E-state index is 0.0188. The highest BCUT2D eigenvalue weighted by Gasteiger charge is 2.31. The average molecular weight is 333 g/mol. The summed E-state index contributed by atoms with van der Waals surface area (Å²) in [4.78, 5) is 28.0. The van der Waals surface area contributed by atoms with Crippen molar-refractivity contribution >= 4 is 12.0 Å². The van der Waals surface area contributed by atoms with E-state index in [4.69, 9.17) is 10.5 Å². The van der Waals surface area contributed by atoms with Crippen molar-refractivity contribution in [1.82, 2.24) is 9.80 Å². The molecule has 1 fully saturated rings. The van der Waals surface area contributed by atoms with Crippen LogP contribution in [0.15, 0.2) is 30.3 Å². The van der Waals surface area contributed by atoms with Gasteiger partial charge in [0.1, 0.15) is 6.61 Å². The van der Waals surface area contributed by atoms with Crippen LogP contribution in [0.1, 0.15) is 32.3 Å². The predicted molar refractivity (Wildman–Crippen MR) is 92.3 cm³/mol. The second-order valence-corrected chi connectivity index (χ2v) is 6.20. The summed E-state index contributed by atoms with van der Waals surface area (Å²) in [5.74, 6) is -0.0617. The minimum atomic E-state index is -0.510. The van der Waals surface area contributed by atoms with Crippen molar-refractivity contribution in [3.8, 4) is 0 Å². The Kier molecular flexibility index (Phi) is 6.61. The number of carbonyl (C=O) groups is 2. The molecule has 2 N–H and O–H groups in total. The summed E-state index contributed by atoms with van der Waals surface area (Å²) in [7, 11) is 0. The van der Waals surface area contributed by atoms with Crippen LogP contribution in [0, 0.1) is 0 Å². The predicted octanol–water partition coefficient (Wildman–Crippen LogP) is 1.98. The lowest BCUT2D eigenvalue weighted by Gasteiger charge is -2.39. The first-order valence-corrected chi connectivity index (χ1v) is 8.54. The van der Waals surface area contributed by atoms with Crippen molar-refractivity contribution < 1.29 is 14.3 Å². The Labute approximate surface area is 143 Å². The molecule has 0 saturated carbocycles. The molecular weight excluding hydrogens is 306 g/mol. The Morgan fingerprint density at radius 3 is 2.71 bits per heavy atom. The van der Waals surface area contributed by atoms with Crippen molar-refractivity contribution in [3.63, 3.8) is 0 Å². The van der Waals surface area contributed by atoms with E-state index in [1.54, 1.807) is 16.7 Å². The number of nitrogens with zero attached hydrogens (tertiary/aromatic N) is 2. The molecule has 2 amide bonds. The Morgan fingerprint density at radius 1 is 1.38 bits per heavy atom. The van der Waals surface area contributed by atoms with Gasteiger partial charge in [-0.2, -0.15) is 0 Å². The molecule has 0 unspecified atom stereocenters. The molecule has 1 aliphatic rings. The van der Waals surface area contributed by atoms with Gasteiger partial charge in [-0.15, -0.1) is 0 Å². The SMILES string of the molecule is CCN(C(=O)OCc1ccccc1)[C@H]1CCCN(C(=O)[C@H](C)N)C1. The van der Waals surface area contributed by atoms with E-state index in [1.807, 2.05) is 37.3 Å². The maximum Gasteiger partial charge on any atom is 0.410 e. The Hall–Kier alpha value is -2.08. The number of hydrogen-bond acceptors (Lipinski definition) is 4. The Balaban J connectivity index is 1.94. The molecule has 2 atom stereocenters. The molecule has 132 valence electrons. The van der Waals surface area contributed by atoms with Gasteiger partial charge in [0.15, 0.2) is 0 Å². The molecule has 1 aromatic rings. The number of ether oxygens (including phenoxy) is 1. The van der Waals surface area contributed by atoms with Crippen LogP contribution in [-0.2, 0) is 16.1 Å². The van der Waals surface area contributed by atoms with Gasteiger partial charge < -0.3 is 20.3 Å². The van der Waals surface area contributed by atoms with Gasteiger partial charge in [0.05, 0.1) is 12.1 Å². The number of likely N-dealkylation sites (tertiary alicyclic amines) is 1. The molecule has 0 spiro atoms. The summed E-state index contributed by atoms with van der Waals surface area (Å²) in [6.07, 6.45) is 1.41. The van der Waals surface area contributed by atoms with Crippen LogP contribution < -0.4 is 5.73 Å². The van der Waals surface area contributed by atoms with Crippen LogP contribution in [0.4, 0.5) is 4.79 Å². The molecule has 6 heteroatoms. The van der Waals surface area contributed by atoms with Gasteiger partial charge >= 0.3 is 6.09 Å². The molecule has 1 aromatic carbocycles. The molecule has 1 heterocycles. The van der Waals surface area contributed by atoms with E-state index in [0.717, 1.165) is 18.4 Å². The highest BCUT2D eigenvalue weighted by Crippen LogP contribution is 2.18. The first-order chi connectivity index (χ1) is 11.5. The van der Waals surface area contributed by atoms with Gasteiger partial charge in [0.2, 0.25) is 5.91 Å². The van der Waals surface area contributed by atoms with E-state index >= 15 is 0 Å². The zero-order valence-corrected chi connectivity index (χ0v) is 14.5. The third kappa shape index (κ3) is 4.71. The third-order valence-electron chi connectivity index (χ3n) is 4.32. The molecule has 1 saturated heterocycles. The highest BCUT2D eigenvalue weighted by molar-refractivity contribution is 5.81. The first kappa shape index (κ1) is 18.3. The molecular formula is C18H27N3O3. The fourth-order valence-corrected chi connectivity index (χ4v) is 3.04. The normalized spacial score (nSPS) is 18.8. The number of benzene rings is 1. The van der Waals surface area contributed by atoms with Crippen molar-refractivity contribution in [3.05, 3.63) is 35.9 Å². The zero-order valence-electron chi connectivity index (χ0n) is 14.5. The second kappa shape index (κ2) is 8.68. The lowest BCUT2D eigenvalue weighted by atomic mass is 10.0. The fraction of sp³-hybridized carbons (Fsp3) is 0.556. The van der Waals surface area contributed by atoms with Crippen LogP contribution in [0.5, 0.6) is 0 Å². The van der Waals surface area contributed by atoms with Crippen LogP contribution in [0.25, 0.3) is 0 Å². The molecule has 0 aliphatic carbocycles. The lowest BCUT2D eigenvalue weighted by molar-refractivity contribution is -0.134. The quantitative estimate of drug-likeness (QED) is 0.894. The summed E-state index contributed by atoms with van der Waals surface area (Å²) in [5, 5.41) is 0. The molecule has 2 rings (SSSR count). The fourth-order valence-electron chi connectivity index (χ4n) is 3.04. The van der Waals surface area contributed by atoms with Crippen LogP contribution in [-0.4, -0.2) is 53.5 Å². The Morgan fingerprint density at radius 2 is 2.08 bits per heavy atom. The number of rotatable bonds is 5. The summed E-state index contributed by atoms with van der Waals surface area (Å²) in [6, 6.07) is 9.08. The number of amides is 2. The molecule has 0 bridgehead atoms. The zero-order chi connectivity index (χ0) is 17.5. The van der Waals surface area contributed by atoms with E-state index in [2.05, 4.69) is 0 Å². The van der Waals surface area contributed by atoms with Crippen LogP contribution in [0.2, 0.25) is 0 Å². The third-order valence-corrected chi connectivity index (χ3v) is 4.32. The standard InChI is InChI=1S/C18H27N3O3/c1-3-21(18(23)24-13-15-8-5-4-6-9-15)16-10-7-11-20(12-16)17(22)14(2)19/h4-6,8-9,14,16H,3,7,10-13,19H2,1-2H3/t14-,16-/m0/s1. The molecule has 0 aromatic heterocycles. The second-order valence-electron chi connectivity index (χ2n) is 6.20. The van der Waals surface area contributed by atoms with E-state index in [0.29, 0.717) is 19.6 Å². The Bertz CT molecular complexity index is 548. The summed E-state index contributed by atoms with van der Waals surface area (Å²) in [6.45, 7) is 5.65. The highest BCUT2D eigenvalue weighted by atomic mass is 16.6. The van der Waals surface area contributed by atoms with Crippen molar-refractivity contribution in [2.45, 2.75) is 45.4 Å². The van der Waals surface area contributed by atoms with E-state index in [1.165, 1.54) is 0 Å². The number of carbonyl (C=O) groups excluding carboxylic acids is 2. The molecule has 0 radical (unpaired) electrons. The van der Waals surface area contributed by atoms with Gasteiger partial charge in [0.25, 0.3) is 0 Å². The lowest BCUT2D eigenvalue weighted by Crippen LogP contribution is -2.54. The molecule has 1 aliphatic heterocycles. The van der Waals surface area contributed by atoms with E-state index < -0.39 is 6.04 Å². The number of likely N-dealkylation sites (N-methyl/N-ethyl adjacent to an activating group) is 1. The average Bonchev–Trinajstić information content (AvgIpc) is 2.61. The van der Waals surface area contributed by atoms with Crippen molar-refractivity contribution in [2.75, 3.05) is 19.6 Å². The summed E-state index contributed by atoms with van der Waals surface area (Å²) < 4.78 is 5.44. The maximum absolute atomic E-state index is 12.4. The van der Waals surface area contributed by atoms with Crippen molar-refractivity contribution in [2.24, 2.45) is 5.73 Å². The summed E-state index contributed by atoms with van der Waals surface area (Å²) in [5.41, 5.74) is 6.65. The van der Waals surface area contributed by atoms with Crippen LogP contribution >= 0.6 is 0 Å². The molecule has 6 nitrogen and oxygen atoms in total. The molecule has 24 heavy (non-hydrogen) atoms.